The fourth-order valence-corrected chi connectivity index (χ4v) is 2.95. The van der Waals surface area contributed by atoms with Crippen molar-refractivity contribution in [2.24, 2.45) is 0 Å². The molecule has 0 amide bonds. The predicted molar refractivity (Wildman–Crippen MR) is 94.5 cm³/mol. The van der Waals surface area contributed by atoms with Crippen LogP contribution in [-0.2, 0) is 0 Å². The molecule has 3 aromatic rings. The maximum absolute atomic E-state index is 9.47. The van der Waals surface area contributed by atoms with Gasteiger partial charge < -0.3 is 15.5 Å². The topological polar surface area (TPSA) is 101 Å². The quantitative estimate of drug-likeness (QED) is 0.525. The highest BCUT2D eigenvalue weighted by atomic mass is 32.2. The van der Waals surface area contributed by atoms with Crippen LogP contribution in [-0.4, -0.2) is 22.3 Å². The highest BCUT2D eigenvalue weighted by Crippen LogP contribution is 2.27. The Bertz CT molecular complexity index is 843. The van der Waals surface area contributed by atoms with Gasteiger partial charge in [-0.05, 0) is 24.3 Å². The van der Waals surface area contributed by atoms with Gasteiger partial charge in [0.05, 0.1) is 6.26 Å². The molecule has 0 atom stereocenters. The Kier molecular flexibility index (Phi) is 4.99. The van der Waals surface area contributed by atoms with Crippen molar-refractivity contribution in [1.29, 1.82) is 5.26 Å². The number of hydrogen-bond donors (Lipinski definition) is 2. The lowest BCUT2D eigenvalue weighted by atomic mass is 10.2. The van der Waals surface area contributed by atoms with E-state index >= 15 is 0 Å². The standard InChI is InChI=1S/C17H15N5OS/c18-11-13-15(14-7-4-9-23-14)21-17(19)22-16(13)20-8-10-24-12-5-2-1-3-6-12/h1-7,9H,8,10H2,(H3,19,20,21,22). The van der Waals surface area contributed by atoms with Crippen LogP contribution in [0.2, 0.25) is 0 Å². The number of furan rings is 1. The average molecular weight is 337 g/mol. The summed E-state index contributed by atoms with van der Waals surface area (Å²) in [5.41, 5.74) is 6.49. The molecule has 0 saturated heterocycles. The lowest BCUT2D eigenvalue weighted by Gasteiger charge is -2.10. The first-order chi connectivity index (χ1) is 11.8. The molecule has 120 valence electrons. The van der Waals surface area contributed by atoms with Crippen molar-refractivity contribution >= 4 is 23.5 Å². The van der Waals surface area contributed by atoms with Gasteiger partial charge in [-0.2, -0.15) is 10.2 Å². The van der Waals surface area contributed by atoms with E-state index in [1.165, 1.54) is 11.2 Å². The summed E-state index contributed by atoms with van der Waals surface area (Å²) >= 11 is 1.72. The second kappa shape index (κ2) is 7.53. The van der Waals surface area contributed by atoms with Gasteiger partial charge in [0.2, 0.25) is 5.95 Å². The number of nitrogens with two attached hydrogens (primary N) is 1. The lowest BCUT2D eigenvalue weighted by Crippen LogP contribution is -2.11. The third kappa shape index (κ3) is 3.67. The summed E-state index contributed by atoms with van der Waals surface area (Å²) in [6.45, 7) is 0.641. The van der Waals surface area contributed by atoms with Crippen molar-refractivity contribution < 1.29 is 4.42 Å². The maximum Gasteiger partial charge on any atom is 0.222 e. The van der Waals surface area contributed by atoms with E-state index < -0.39 is 0 Å². The number of nitrogen functional groups attached to an aromatic ring is 1. The van der Waals surface area contributed by atoms with E-state index in [2.05, 4.69) is 33.5 Å². The van der Waals surface area contributed by atoms with Crippen molar-refractivity contribution in [2.45, 2.75) is 4.90 Å². The zero-order valence-corrected chi connectivity index (χ0v) is 13.6. The number of benzene rings is 1. The molecule has 3 N–H and O–H groups in total. The van der Waals surface area contributed by atoms with Crippen molar-refractivity contribution in [3.63, 3.8) is 0 Å². The van der Waals surface area contributed by atoms with Crippen molar-refractivity contribution in [3.05, 3.63) is 54.3 Å². The van der Waals surface area contributed by atoms with Crippen LogP contribution >= 0.6 is 11.8 Å². The van der Waals surface area contributed by atoms with E-state index in [0.717, 1.165) is 5.75 Å². The first-order valence-electron chi connectivity index (χ1n) is 7.31. The van der Waals surface area contributed by atoms with Crippen molar-refractivity contribution in [2.75, 3.05) is 23.3 Å². The Morgan fingerprint density at radius 3 is 2.71 bits per heavy atom. The molecule has 24 heavy (non-hydrogen) atoms. The van der Waals surface area contributed by atoms with Crippen LogP contribution < -0.4 is 11.1 Å². The molecule has 0 bridgehead atoms. The highest BCUT2D eigenvalue weighted by molar-refractivity contribution is 7.99. The predicted octanol–water partition coefficient (Wildman–Crippen LogP) is 3.39. The fraction of sp³-hybridized carbons (Fsp3) is 0.118. The van der Waals surface area contributed by atoms with E-state index in [-0.39, 0.29) is 5.95 Å². The Morgan fingerprint density at radius 2 is 2.00 bits per heavy atom. The number of nitriles is 1. The van der Waals surface area contributed by atoms with E-state index in [1.54, 1.807) is 23.9 Å². The molecule has 0 aliphatic heterocycles. The molecule has 0 radical (unpaired) electrons. The zero-order chi connectivity index (χ0) is 16.8. The molecule has 3 rings (SSSR count). The second-order valence-corrected chi connectivity index (χ2v) is 6.00. The largest absolute Gasteiger partial charge is 0.463 e. The minimum absolute atomic E-state index is 0.0959. The van der Waals surface area contributed by atoms with Crippen LogP contribution in [0.15, 0.2) is 58.0 Å². The molecule has 2 heterocycles. The molecule has 0 unspecified atom stereocenters. The molecular weight excluding hydrogens is 322 g/mol. The Labute approximate surface area is 143 Å². The number of nitrogens with one attached hydrogen (secondary N) is 1. The first kappa shape index (κ1) is 15.9. The molecule has 0 saturated carbocycles. The van der Waals surface area contributed by atoms with Crippen LogP contribution in [0.5, 0.6) is 0 Å². The van der Waals surface area contributed by atoms with Gasteiger partial charge in [0.1, 0.15) is 23.1 Å². The molecule has 1 aromatic carbocycles. The lowest BCUT2D eigenvalue weighted by molar-refractivity contribution is 0.580. The van der Waals surface area contributed by atoms with Gasteiger partial charge in [-0.15, -0.1) is 11.8 Å². The monoisotopic (exact) mass is 337 g/mol. The number of rotatable bonds is 6. The summed E-state index contributed by atoms with van der Waals surface area (Å²) in [5, 5.41) is 12.6. The highest BCUT2D eigenvalue weighted by Gasteiger charge is 2.16. The normalized spacial score (nSPS) is 10.3. The van der Waals surface area contributed by atoms with Crippen LogP contribution in [0.3, 0.4) is 0 Å². The van der Waals surface area contributed by atoms with Crippen molar-refractivity contribution in [3.8, 4) is 17.5 Å². The molecule has 0 aliphatic rings. The SMILES string of the molecule is N#Cc1c(NCCSc2ccccc2)nc(N)nc1-c1ccco1. The summed E-state index contributed by atoms with van der Waals surface area (Å²) in [6, 6.07) is 15.7. The number of hydrogen-bond acceptors (Lipinski definition) is 7. The summed E-state index contributed by atoms with van der Waals surface area (Å²) in [5.74, 6) is 1.83. The second-order valence-electron chi connectivity index (χ2n) is 4.83. The number of thioether (sulfide) groups is 1. The van der Waals surface area contributed by atoms with Gasteiger partial charge in [0.25, 0.3) is 0 Å². The third-order valence-corrected chi connectivity index (χ3v) is 4.21. The van der Waals surface area contributed by atoms with E-state index in [9.17, 15) is 5.26 Å². The zero-order valence-electron chi connectivity index (χ0n) is 12.8. The van der Waals surface area contributed by atoms with E-state index in [1.807, 2.05) is 18.2 Å². The molecule has 6 nitrogen and oxygen atoms in total. The Balaban J connectivity index is 1.72. The minimum atomic E-state index is 0.0959. The van der Waals surface area contributed by atoms with Gasteiger partial charge in [-0.1, -0.05) is 18.2 Å². The van der Waals surface area contributed by atoms with Gasteiger partial charge in [0.15, 0.2) is 5.76 Å². The number of anilines is 2. The van der Waals surface area contributed by atoms with Crippen molar-refractivity contribution in [1.82, 2.24) is 9.97 Å². The van der Waals surface area contributed by atoms with Gasteiger partial charge in [-0.25, -0.2) is 4.98 Å². The average Bonchev–Trinajstić information content (AvgIpc) is 3.13. The number of aromatic nitrogens is 2. The summed E-state index contributed by atoms with van der Waals surface area (Å²) in [6.07, 6.45) is 1.53. The summed E-state index contributed by atoms with van der Waals surface area (Å²) in [7, 11) is 0. The Morgan fingerprint density at radius 1 is 1.17 bits per heavy atom. The minimum Gasteiger partial charge on any atom is -0.463 e. The summed E-state index contributed by atoms with van der Waals surface area (Å²) in [4.78, 5) is 9.46. The molecule has 0 spiro atoms. The van der Waals surface area contributed by atoms with Gasteiger partial charge >= 0.3 is 0 Å². The fourth-order valence-electron chi connectivity index (χ4n) is 2.16. The number of nitrogens with zero attached hydrogens (tertiary/aromatic N) is 3. The molecule has 0 aliphatic carbocycles. The smallest absolute Gasteiger partial charge is 0.222 e. The van der Waals surface area contributed by atoms with Gasteiger partial charge in [-0.3, -0.25) is 0 Å². The summed E-state index contributed by atoms with van der Waals surface area (Å²) < 4.78 is 5.33. The van der Waals surface area contributed by atoms with E-state index in [0.29, 0.717) is 29.4 Å². The first-order valence-corrected chi connectivity index (χ1v) is 8.29. The van der Waals surface area contributed by atoms with Crippen LogP contribution in [0.1, 0.15) is 5.56 Å². The third-order valence-electron chi connectivity index (χ3n) is 3.20. The van der Waals surface area contributed by atoms with Gasteiger partial charge in [0, 0.05) is 17.2 Å². The molecule has 0 fully saturated rings. The Hall–Kier alpha value is -2.98. The molecular formula is C17H15N5OS. The van der Waals surface area contributed by atoms with Crippen LogP contribution in [0, 0.1) is 11.3 Å². The van der Waals surface area contributed by atoms with Crippen LogP contribution in [0.4, 0.5) is 11.8 Å². The van der Waals surface area contributed by atoms with E-state index in [4.69, 9.17) is 10.2 Å². The molecule has 2 aromatic heterocycles. The maximum atomic E-state index is 9.47. The molecule has 7 heteroatoms. The van der Waals surface area contributed by atoms with Crippen LogP contribution in [0.25, 0.3) is 11.5 Å².